The highest BCUT2D eigenvalue weighted by Gasteiger charge is 2.10. The van der Waals surface area contributed by atoms with E-state index in [0.717, 1.165) is 12.8 Å². The van der Waals surface area contributed by atoms with E-state index in [-0.39, 0.29) is 18.6 Å². The molecule has 0 aliphatic carbocycles. The molecule has 5 heteroatoms. The van der Waals surface area contributed by atoms with E-state index in [2.05, 4.69) is 5.32 Å². The molecule has 0 heterocycles. The average Bonchev–Trinajstić information content (AvgIpc) is 2.36. The van der Waals surface area contributed by atoms with Crippen molar-refractivity contribution in [3.8, 4) is 5.75 Å². The largest absolute Gasteiger partial charge is 0.484 e. The van der Waals surface area contributed by atoms with Gasteiger partial charge >= 0.3 is 0 Å². The number of carbonyl (C=O) groups excluding carboxylic acids is 1. The molecule has 0 fully saturated rings. The second kappa shape index (κ2) is 8.22. The second-order valence-corrected chi connectivity index (χ2v) is 4.71. The summed E-state index contributed by atoms with van der Waals surface area (Å²) < 4.78 is 5.34. The number of hydrogen-bond donors (Lipinski definition) is 1. The lowest BCUT2D eigenvalue weighted by atomic mass is 10.2. The van der Waals surface area contributed by atoms with Crippen molar-refractivity contribution in [2.75, 3.05) is 12.5 Å². The molecule has 0 saturated heterocycles. The summed E-state index contributed by atoms with van der Waals surface area (Å²) in [5.74, 6) is 0.975. The third-order valence-corrected chi connectivity index (χ3v) is 2.93. The predicted molar refractivity (Wildman–Crippen MR) is 74.5 cm³/mol. The Balaban J connectivity index is 2.36. The number of amides is 1. The summed E-state index contributed by atoms with van der Waals surface area (Å²) in [4.78, 5) is 11.6. The maximum Gasteiger partial charge on any atom is 0.258 e. The van der Waals surface area contributed by atoms with Crippen LogP contribution in [0.3, 0.4) is 0 Å². The van der Waals surface area contributed by atoms with Crippen molar-refractivity contribution in [1.29, 1.82) is 0 Å². The molecule has 1 amide bonds. The highest BCUT2D eigenvalue weighted by Crippen LogP contribution is 2.16. The molecule has 0 aliphatic heterocycles. The van der Waals surface area contributed by atoms with Gasteiger partial charge in [0.05, 0.1) is 0 Å². The van der Waals surface area contributed by atoms with E-state index in [1.165, 1.54) is 0 Å². The third-order valence-electron chi connectivity index (χ3n) is 2.48. The van der Waals surface area contributed by atoms with Crippen LogP contribution in [0.1, 0.15) is 19.8 Å². The van der Waals surface area contributed by atoms with E-state index in [1.54, 1.807) is 24.3 Å². The first-order valence-corrected chi connectivity index (χ1v) is 6.80. The minimum atomic E-state index is -0.146. The van der Waals surface area contributed by atoms with E-state index in [4.69, 9.17) is 27.9 Å². The summed E-state index contributed by atoms with van der Waals surface area (Å²) in [6, 6.07) is 7.07. The number of rotatable bonds is 7. The quantitative estimate of drug-likeness (QED) is 0.783. The fraction of sp³-hybridized carbons (Fsp3) is 0.462. The highest BCUT2D eigenvalue weighted by molar-refractivity contribution is 6.30. The molecule has 3 nitrogen and oxygen atoms in total. The van der Waals surface area contributed by atoms with Crippen LogP contribution >= 0.6 is 23.2 Å². The minimum Gasteiger partial charge on any atom is -0.484 e. The van der Waals surface area contributed by atoms with E-state index >= 15 is 0 Å². The van der Waals surface area contributed by atoms with Gasteiger partial charge in [0.15, 0.2) is 6.61 Å². The molecule has 1 N–H and O–H groups in total. The number of benzene rings is 1. The topological polar surface area (TPSA) is 38.3 Å². The van der Waals surface area contributed by atoms with Gasteiger partial charge in [0.1, 0.15) is 5.75 Å². The Morgan fingerprint density at radius 1 is 1.50 bits per heavy atom. The predicted octanol–water partition coefficient (Wildman–Crippen LogP) is 3.24. The fourth-order valence-corrected chi connectivity index (χ4v) is 1.93. The van der Waals surface area contributed by atoms with Crippen LogP contribution in [0.25, 0.3) is 0 Å². The maximum atomic E-state index is 11.6. The van der Waals surface area contributed by atoms with E-state index in [0.29, 0.717) is 16.7 Å². The smallest absolute Gasteiger partial charge is 0.258 e. The molecule has 0 saturated carbocycles. The van der Waals surface area contributed by atoms with Gasteiger partial charge in [0, 0.05) is 16.9 Å². The molecular formula is C13H17Cl2NO2. The second-order valence-electron chi connectivity index (χ2n) is 3.90. The lowest BCUT2D eigenvalue weighted by Gasteiger charge is -2.15. The Morgan fingerprint density at radius 3 is 2.89 bits per heavy atom. The first-order chi connectivity index (χ1) is 8.65. The van der Waals surface area contributed by atoms with Crippen molar-refractivity contribution in [2.45, 2.75) is 25.8 Å². The number of halogens is 2. The highest BCUT2D eigenvalue weighted by atomic mass is 35.5. The Labute approximate surface area is 117 Å². The Kier molecular flexibility index (Phi) is 6.91. The number of nitrogens with one attached hydrogen (secondary N) is 1. The average molecular weight is 290 g/mol. The van der Waals surface area contributed by atoms with Crippen molar-refractivity contribution >= 4 is 29.1 Å². The minimum absolute atomic E-state index is 0.0148. The van der Waals surface area contributed by atoms with E-state index < -0.39 is 0 Å². The molecule has 0 aromatic heterocycles. The van der Waals surface area contributed by atoms with Gasteiger partial charge < -0.3 is 10.1 Å². The zero-order valence-electron chi connectivity index (χ0n) is 10.3. The number of alkyl halides is 1. The molecular weight excluding hydrogens is 273 g/mol. The van der Waals surface area contributed by atoms with Crippen molar-refractivity contribution in [1.82, 2.24) is 5.32 Å². The van der Waals surface area contributed by atoms with Crippen molar-refractivity contribution in [2.24, 2.45) is 0 Å². The number of carbonyl (C=O) groups is 1. The summed E-state index contributed by atoms with van der Waals surface area (Å²) in [6.45, 7) is 1.99. The van der Waals surface area contributed by atoms with E-state index in [9.17, 15) is 4.79 Å². The van der Waals surface area contributed by atoms with Crippen LogP contribution in [0.4, 0.5) is 0 Å². The summed E-state index contributed by atoms with van der Waals surface area (Å²) in [6.07, 6.45) is 1.62. The van der Waals surface area contributed by atoms with Crippen molar-refractivity contribution in [3.05, 3.63) is 29.3 Å². The number of ether oxygens (including phenoxy) is 1. The fourth-order valence-electron chi connectivity index (χ4n) is 1.49. The molecule has 1 unspecified atom stereocenters. The van der Waals surface area contributed by atoms with E-state index in [1.807, 2.05) is 6.92 Å². The summed E-state index contributed by atoms with van der Waals surface area (Å²) in [5, 5.41) is 3.46. The van der Waals surface area contributed by atoms with Gasteiger partial charge in [-0.05, 0) is 31.0 Å². The Morgan fingerprint density at radius 2 is 2.28 bits per heavy atom. The summed E-state index contributed by atoms with van der Waals surface area (Å²) in [7, 11) is 0. The summed E-state index contributed by atoms with van der Waals surface area (Å²) in [5.41, 5.74) is 0. The molecule has 0 bridgehead atoms. The zero-order chi connectivity index (χ0) is 13.4. The molecule has 18 heavy (non-hydrogen) atoms. The lowest BCUT2D eigenvalue weighted by Crippen LogP contribution is -2.37. The van der Waals surface area contributed by atoms with Gasteiger partial charge in [-0.15, -0.1) is 11.6 Å². The SMILES string of the molecule is CCC(CCCl)NC(=O)COc1cccc(Cl)c1. The normalized spacial score (nSPS) is 11.9. The molecule has 1 atom stereocenters. The van der Waals surface area contributed by atoms with Crippen molar-refractivity contribution < 1.29 is 9.53 Å². The van der Waals surface area contributed by atoms with Crippen LogP contribution < -0.4 is 10.1 Å². The molecule has 1 aromatic rings. The number of hydrogen-bond acceptors (Lipinski definition) is 2. The summed E-state index contributed by atoms with van der Waals surface area (Å²) >= 11 is 11.5. The maximum absolute atomic E-state index is 11.6. The van der Waals surface area contributed by atoms with Gasteiger partial charge in [-0.3, -0.25) is 4.79 Å². The Bertz CT molecular complexity index is 385. The van der Waals surface area contributed by atoms with Gasteiger partial charge in [-0.2, -0.15) is 0 Å². The lowest BCUT2D eigenvalue weighted by molar-refractivity contribution is -0.123. The van der Waals surface area contributed by atoms with Crippen LogP contribution in [-0.2, 0) is 4.79 Å². The van der Waals surface area contributed by atoms with Gasteiger partial charge in [-0.25, -0.2) is 0 Å². The van der Waals surface area contributed by atoms with Gasteiger partial charge in [-0.1, -0.05) is 24.6 Å². The Hall–Kier alpha value is -0.930. The van der Waals surface area contributed by atoms with Crippen LogP contribution in [0.5, 0.6) is 5.75 Å². The molecule has 0 spiro atoms. The zero-order valence-corrected chi connectivity index (χ0v) is 11.8. The van der Waals surface area contributed by atoms with Crippen LogP contribution in [0.2, 0.25) is 5.02 Å². The molecule has 100 valence electrons. The molecule has 1 aromatic carbocycles. The molecule has 0 radical (unpaired) electrons. The first kappa shape index (κ1) is 15.1. The first-order valence-electron chi connectivity index (χ1n) is 5.89. The third kappa shape index (κ3) is 5.61. The molecule has 0 aliphatic rings. The monoisotopic (exact) mass is 289 g/mol. The van der Waals surface area contributed by atoms with Crippen LogP contribution in [0, 0.1) is 0 Å². The van der Waals surface area contributed by atoms with Gasteiger partial charge in [0.25, 0.3) is 5.91 Å². The van der Waals surface area contributed by atoms with Crippen LogP contribution in [0.15, 0.2) is 24.3 Å². The standard InChI is InChI=1S/C13H17Cl2NO2/c1-2-11(6-7-14)16-13(17)9-18-12-5-3-4-10(15)8-12/h3-5,8,11H,2,6-7,9H2,1H3,(H,16,17). The van der Waals surface area contributed by atoms with Gasteiger partial charge in [0.2, 0.25) is 0 Å². The van der Waals surface area contributed by atoms with Crippen LogP contribution in [-0.4, -0.2) is 24.4 Å². The molecule has 1 rings (SSSR count). The van der Waals surface area contributed by atoms with Crippen molar-refractivity contribution in [3.63, 3.8) is 0 Å².